The standard InChI is InChI=1S/C15H29NO6/c1-5-6-20-15-12(16-10(4)18)13(19)14(11(7-17)22-15)21-8-9(2)3/h9,11-15,17,19H,5-8H2,1-4H3,(H,16,18). The minimum absolute atomic E-state index is 0.278. The molecule has 0 aromatic rings. The summed E-state index contributed by atoms with van der Waals surface area (Å²) in [6, 6.07) is -0.732. The summed E-state index contributed by atoms with van der Waals surface area (Å²) in [4.78, 5) is 11.4. The number of amides is 1. The summed E-state index contributed by atoms with van der Waals surface area (Å²) in [6.07, 6.45) is -2.46. The van der Waals surface area contributed by atoms with Gasteiger partial charge in [0, 0.05) is 20.1 Å². The number of aliphatic hydroxyl groups is 2. The lowest BCUT2D eigenvalue weighted by molar-refractivity contribution is -0.278. The molecule has 5 unspecified atom stereocenters. The molecule has 7 nitrogen and oxygen atoms in total. The summed E-state index contributed by atoms with van der Waals surface area (Å²) in [5.41, 5.74) is 0. The predicted molar refractivity (Wildman–Crippen MR) is 80.2 cm³/mol. The largest absolute Gasteiger partial charge is 0.394 e. The molecule has 0 radical (unpaired) electrons. The first-order chi connectivity index (χ1) is 10.4. The topological polar surface area (TPSA) is 97.2 Å². The van der Waals surface area contributed by atoms with E-state index in [0.29, 0.717) is 13.2 Å². The fourth-order valence-electron chi connectivity index (χ4n) is 2.34. The van der Waals surface area contributed by atoms with Gasteiger partial charge in [-0.05, 0) is 12.3 Å². The zero-order chi connectivity index (χ0) is 16.7. The van der Waals surface area contributed by atoms with Crippen LogP contribution in [0.15, 0.2) is 0 Å². The first-order valence-corrected chi connectivity index (χ1v) is 7.85. The molecule has 1 heterocycles. The van der Waals surface area contributed by atoms with Crippen molar-refractivity contribution in [3.05, 3.63) is 0 Å². The third-order valence-corrected chi connectivity index (χ3v) is 3.33. The second-order valence-corrected chi connectivity index (χ2v) is 6.00. The fourth-order valence-corrected chi connectivity index (χ4v) is 2.34. The molecule has 1 saturated heterocycles. The molecule has 5 atom stereocenters. The van der Waals surface area contributed by atoms with E-state index < -0.39 is 30.6 Å². The van der Waals surface area contributed by atoms with Crippen molar-refractivity contribution in [1.29, 1.82) is 0 Å². The number of carbonyl (C=O) groups is 1. The summed E-state index contributed by atoms with van der Waals surface area (Å²) < 4.78 is 16.9. The van der Waals surface area contributed by atoms with Crippen molar-refractivity contribution >= 4 is 5.91 Å². The van der Waals surface area contributed by atoms with Crippen LogP contribution in [0.25, 0.3) is 0 Å². The van der Waals surface area contributed by atoms with Crippen LogP contribution in [0.2, 0.25) is 0 Å². The Hall–Kier alpha value is -0.730. The number of hydrogen-bond donors (Lipinski definition) is 3. The Labute approximate surface area is 131 Å². The molecule has 7 heteroatoms. The van der Waals surface area contributed by atoms with Crippen LogP contribution in [0, 0.1) is 5.92 Å². The highest BCUT2D eigenvalue weighted by atomic mass is 16.7. The smallest absolute Gasteiger partial charge is 0.217 e. The number of hydrogen-bond acceptors (Lipinski definition) is 6. The maximum absolute atomic E-state index is 11.4. The summed E-state index contributed by atoms with van der Waals surface area (Å²) >= 11 is 0. The number of carbonyl (C=O) groups excluding carboxylic acids is 1. The molecule has 1 fully saturated rings. The van der Waals surface area contributed by atoms with E-state index >= 15 is 0 Å². The van der Waals surface area contributed by atoms with Gasteiger partial charge in [-0.15, -0.1) is 0 Å². The molecule has 0 saturated carbocycles. The molecule has 0 aliphatic carbocycles. The fraction of sp³-hybridized carbons (Fsp3) is 0.933. The van der Waals surface area contributed by atoms with Crippen LogP contribution in [0.4, 0.5) is 0 Å². The Bertz CT molecular complexity index is 338. The van der Waals surface area contributed by atoms with Crippen molar-refractivity contribution in [3.8, 4) is 0 Å². The summed E-state index contributed by atoms with van der Waals surface area (Å²) in [5, 5.41) is 22.7. The molecule has 1 amide bonds. The normalized spacial score (nSPS) is 32.2. The minimum atomic E-state index is -1.02. The van der Waals surface area contributed by atoms with E-state index in [1.807, 2.05) is 20.8 Å². The molecule has 0 spiro atoms. The quantitative estimate of drug-likeness (QED) is 0.584. The van der Waals surface area contributed by atoms with E-state index in [1.165, 1.54) is 6.92 Å². The first-order valence-electron chi connectivity index (χ1n) is 7.85. The van der Waals surface area contributed by atoms with Gasteiger partial charge in [0.25, 0.3) is 0 Å². The van der Waals surface area contributed by atoms with Crippen molar-refractivity contribution in [2.45, 2.75) is 64.8 Å². The van der Waals surface area contributed by atoms with E-state index in [1.54, 1.807) is 0 Å². The number of nitrogens with one attached hydrogen (secondary N) is 1. The van der Waals surface area contributed by atoms with Gasteiger partial charge in [-0.25, -0.2) is 0 Å². The van der Waals surface area contributed by atoms with Gasteiger partial charge in [0.05, 0.1) is 6.61 Å². The summed E-state index contributed by atoms with van der Waals surface area (Å²) in [7, 11) is 0. The summed E-state index contributed by atoms with van der Waals surface area (Å²) in [5.74, 6) is -0.0115. The minimum Gasteiger partial charge on any atom is -0.394 e. The molecule has 0 aromatic carbocycles. The van der Waals surface area contributed by atoms with Gasteiger partial charge < -0.3 is 29.7 Å². The van der Waals surface area contributed by atoms with E-state index in [4.69, 9.17) is 14.2 Å². The average molecular weight is 319 g/mol. The van der Waals surface area contributed by atoms with Gasteiger partial charge in [-0.3, -0.25) is 4.79 Å². The van der Waals surface area contributed by atoms with E-state index in [9.17, 15) is 15.0 Å². The van der Waals surface area contributed by atoms with E-state index in [-0.39, 0.29) is 18.4 Å². The monoisotopic (exact) mass is 319 g/mol. The molecule has 0 aromatic heterocycles. The highest BCUT2D eigenvalue weighted by Crippen LogP contribution is 2.25. The molecular weight excluding hydrogens is 290 g/mol. The zero-order valence-electron chi connectivity index (χ0n) is 13.8. The maximum atomic E-state index is 11.4. The van der Waals surface area contributed by atoms with Gasteiger partial charge >= 0.3 is 0 Å². The van der Waals surface area contributed by atoms with Crippen LogP contribution < -0.4 is 5.32 Å². The van der Waals surface area contributed by atoms with Crippen molar-refractivity contribution in [2.75, 3.05) is 19.8 Å². The lowest BCUT2D eigenvalue weighted by Crippen LogP contribution is -2.65. The Morgan fingerprint density at radius 2 is 2.05 bits per heavy atom. The maximum Gasteiger partial charge on any atom is 0.217 e. The molecule has 0 bridgehead atoms. The van der Waals surface area contributed by atoms with E-state index in [0.717, 1.165) is 6.42 Å². The van der Waals surface area contributed by atoms with Crippen LogP contribution in [0.1, 0.15) is 34.1 Å². The van der Waals surface area contributed by atoms with Gasteiger partial charge in [0.15, 0.2) is 6.29 Å². The Balaban J connectivity index is 2.84. The van der Waals surface area contributed by atoms with Crippen molar-refractivity contribution in [3.63, 3.8) is 0 Å². The SMILES string of the molecule is CCCOC1OC(CO)C(OCC(C)C)C(O)C1NC(C)=O. The molecule has 22 heavy (non-hydrogen) atoms. The van der Waals surface area contributed by atoms with Crippen molar-refractivity contribution < 1.29 is 29.2 Å². The Kier molecular flexibility index (Phi) is 8.27. The molecular formula is C15H29NO6. The van der Waals surface area contributed by atoms with Gasteiger partial charge in [0.1, 0.15) is 24.4 Å². The Morgan fingerprint density at radius 1 is 1.36 bits per heavy atom. The lowest BCUT2D eigenvalue weighted by atomic mass is 9.96. The molecule has 1 rings (SSSR count). The third-order valence-electron chi connectivity index (χ3n) is 3.33. The zero-order valence-corrected chi connectivity index (χ0v) is 13.8. The highest BCUT2D eigenvalue weighted by Gasteiger charge is 2.46. The van der Waals surface area contributed by atoms with Crippen LogP contribution in [-0.4, -0.2) is 66.6 Å². The van der Waals surface area contributed by atoms with Crippen LogP contribution >= 0.6 is 0 Å². The second kappa shape index (κ2) is 9.42. The third kappa shape index (κ3) is 5.48. The lowest BCUT2D eigenvalue weighted by Gasteiger charge is -2.44. The molecule has 130 valence electrons. The molecule has 1 aliphatic rings. The van der Waals surface area contributed by atoms with Crippen molar-refractivity contribution in [1.82, 2.24) is 5.32 Å². The van der Waals surface area contributed by atoms with Crippen LogP contribution in [0.3, 0.4) is 0 Å². The molecule has 1 aliphatic heterocycles. The van der Waals surface area contributed by atoms with Gasteiger partial charge in [-0.2, -0.15) is 0 Å². The summed E-state index contributed by atoms with van der Waals surface area (Å²) in [6.45, 7) is 7.86. The number of aliphatic hydroxyl groups excluding tert-OH is 2. The first kappa shape index (κ1) is 19.3. The predicted octanol–water partition coefficient (Wildman–Crippen LogP) is 0.0370. The molecule has 3 N–H and O–H groups in total. The number of rotatable bonds is 8. The number of ether oxygens (including phenoxy) is 3. The van der Waals surface area contributed by atoms with Crippen molar-refractivity contribution in [2.24, 2.45) is 5.92 Å². The Morgan fingerprint density at radius 3 is 2.55 bits per heavy atom. The van der Waals surface area contributed by atoms with Gasteiger partial charge in [0.2, 0.25) is 5.91 Å². The van der Waals surface area contributed by atoms with Gasteiger partial charge in [-0.1, -0.05) is 20.8 Å². The second-order valence-electron chi connectivity index (χ2n) is 6.00. The van der Waals surface area contributed by atoms with E-state index in [2.05, 4.69) is 5.32 Å². The van der Waals surface area contributed by atoms with Crippen LogP contribution in [0.5, 0.6) is 0 Å². The highest BCUT2D eigenvalue weighted by molar-refractivity contribution is 5.73. The average Bonchev–Trinajstić information content (AvgIpc) is 2.45. The van der Waals surface area contributed by atoms with Crippen LogP contribution in [-0.2, 0) is 19.0 Å².